The number of aliphatic hydroxyl groups is 4. The van der Waals surface area contributed by atoms with Crippen LogP contribution in [0.1, 0.15) is 22.3 Å². The van der Waals surface area contributed by atoms with E-state index < -0.39 is 179 Å². The van der Waals surface area contributed by atoms with Crippen molar-refractivity contribution in [3.63, 3.8) is 0 Å². The molecule has 5 aliphatic rings. The third-order valence-corrected chi connectivity index (χ3v) is 17.0. The SMILES string of the molecule is COC1C(CO)OC(OC2C(C(=O)O)OC(OC3C(CO)OC(OC4C(C(=O)O)OC(OC5C(COCc6ccccc6)OC(O)C(OCc6ccccc6)C5OCc5ccccc5)C(OC)C4OC)C(OCc4ccccc4)C3O)C(OC)C2OC)C(OC)C1OC. The monoisotopic (exact) mass is 1310 g/mol. The van der Waals surface area contributed by atoms with Gasteiger partial charge in [0.25, 0.3) is 0 Å². The lowest BCUT2D eigenvalue weighted by molar-refractivity contribution is -0.395. The molecule has 9 rings (SSSR count). The number of rotatable bonds is 32. The van der Waals surface area contributed by atoms with E-state index in [1.165, 1.54) is 49.8 Å². The number of hydrogen-bond acceptors (Lipinski definition) is 26. The summed E-state index contributed by atoms with van der Waals surface area (Å²) in [5.74, 6) is -3.11. The molecule has 4 aromatic rings. The lowest BCUT2D eigenvalue weighted by Crippen LogP contribution is -2.69. The van der Waals surface area contributed by atoms with E-state index in [9.17, 15) is 40.2 Å². The van der Waals surface area contributed by atoms with Crippen LogP contribution in [0.2, 0.25) is 0 Å². The van der Waals surface area contributed by atoms with Crippen LogP contribution in [-0.2, 0) is 131 Å². The topological polar surface area (TPSA) is 340 Å². The zero-order valence-electron chi connectivity index (χ0n) is 52.6. The molecule has 25 unspecified atom stereocenters. The highest BCUT2D eigenvalue weighted by Crippen LogP contribution is 2.40. The number of carbonyl (C=O) groups is 2. The lowest BCUT2D eigenvalue weighted by atomic mass is 9.94. The minimum atomic E-state index is -1.98. The molecule has 4 aromatic carbocycles. The van der Waals surface area contributed by atoms with Gasteiger partial charge in [-0.2, -0.15) is 0 Å². The highest BCUT2D eigenvalue weighted by Gasteiger charge is 2.60. The molecule has 0 radical (unpaired) electrons. The van der Waals surface area contributed by atoms with Crippen LogP contribution >= 0.6 is 0 Å². The number of ether oxygens (including phenoxy) is 20. The summed E-state index contributed by atoms with van der Waals surface area (Å²) in [7, 11) is 9.30. The predicted octanol–water partition coefficient (Wildman–Crippen LogP) is 1.74. The van der Waals surface area contributed by atoms with Crippen LogP contribution in [0.3, 0.4) is 0 Å². The fourth-order valence-electron chi connectivity index (χ4n) is 12.3. The van der Waals surface area contributed by atoms with Crippen LogP contribution in [0.4, 0.5) is 0 Å². The summed E-state index contributed by atoms with van der Waals surface area (Å²) < 4.78 is 125. The van der Waals surface area contributed by atoms with E-state index in [1.807, 2.05) is 91.0 Å². The highest BCUT2D eigenvalue weighted by molar-refractivity contribution is 5.74. The Balaban J connectivity index is 0.994. The van der Waals surface area contributed by atoms with Crippen LogP contribution < -0.4 is 0 Å². The first-order valence-electron chi connectivity index (χ1n) is 30.4. The molecule has 514 valence electrons. The van der Waals surface area contributed by atoms with Crippen molar-refractivity contribution in [3.8, 4) is 0 Å². The van der Waals surface area contributed by atoms with Gasteiger partial charge in [-0.15, -0.1) is 0 Å². The fourth-order valence-corrected chi connectivity index (χ4v) is 12.3. The fraction of sp³-hybridized carbons (Fsp3) is 0.600. The molecule has 0 aromatic heterocycles. The zero-order valence-corrected chi connectivity index (χ0v) is 52.6. The quantitative estimate of drug-likeness (QED) is 0.0405. The van der Waals surface area contributed by atoms with Gasteiger partial charge in [0.2, 0.25) is 0 Å². The molecule has 28 nitrogen and oxygen atoms in total. The molecule has 5 fully saturated rings. The molecule has 5 aliphatic heterocycles. The van der Waals surface area contributed by atoms with E-state index in [0.29, 0.717) is 5.56 Å². The number of benzene rings is 4. The average molecular weight is 1320 g/mol. The van der Waals surface area contributed by atoms with E-state index in [1.54, 1.807) is 30.3 Å². The molecule has 25 atom stereocenters. The number of aliphatic hydroxyl groups excluding tert-OH is 4. The summed E-state index contributed by atoms with van der Waals surface area (Å²) in [4.78, 5) is 27.1. The van der Waals surface area contributed by atoms with E-state index in [4.69, 9.17) is 94.7 Å². The maximum atomic E-state index is 13.8. The third kappa shape index (κ3) is 17.4. The van der Waals surface area contributed by atoms with Gasteiger partial charge in [0.05, 0.1) is 46.2 Å². The second kappa shape index (κ2) is 35.2. The van der Waals surface area contributed by atoms with Gasteiger partial charge in [-0.05, 0) is 22.3 Å². The largest absolute Gasteiger partial charge is 0.479 e. The first kappa shape index (κ1) is 72.1. The molecule has 0 amide bonds. The van der Waals surface area contributed by atoms with Gasteiger partial charge in [0.15, 0.2) is 43.7 Å². The second-order valence-electron chi connectivity index (χ2n) is 22.6. The van der Waals surface area contributed by atoms with Gasteiger partial charge in [-0.3, -0.25) is 0 Å². The molecule has 0 spiro atoms. The zero-order chi connectivity index (χ0) is 66.1. The Labute approximate surface area is 538 Å². The Morgan fingerprint density at radius 2 is 0.688 bits per heavy atom. The maximum absolute atomic E-state index is 13.8. The summed E-state index contributed by atoms with van der Waals surface area (Å²) >= 11 is 0. The molecule has 6 N–H and O–H groups in total. The van der Waals surface area contributed by atoms with E-state index in [2.05, 4.69) is 0 Å². The summed E-state index contributed by atoms with van der Waals surface area (Å²) in [6.45, 7) is -1.63. The van der Waals surface area contributed by atoms with E-state index in [0.717, 1.165) is 16.7 Å². The smallest absolute Gasteiger partial charge is 0.335 e. The van der Waals surface area contributed by atoms with Crippen LogP contribution in [-0.4, -0.2) is 266 Å². The van der Waals surface area contributed by atoms with Crippen molar-refractivity contribution >= 4 is 11.9 Å². The minimum absolute atomic E-state index is 0.00775. The number of carboxylic acid groups (broad SMARTS) is 2. The summed E-state index contributed by atoms with van der Waals surface area (Å²) in [5.41, 5.74) is 3.02. The molecule has 5 heterocycles. The van der Waals surface area contributed by atoms with Crippen molar-refractivity contribution < 1.29 is 135 Å². The normalized spacial score (nSPS) is 36.5. The van der Waals surface area contributed by atoms with E-state index >= 15 is 0 Å². The van der Waals surface area contributed by atoms with Crippen molar-refractivity contribution in [3.05, 3.63) is 144 Å². The summed E-state index contributed by atoms with van der Waals surface area (Å²) in [5, 5.41) is 67.9. The molecule has 28 heteroatoms. The van der Waals surface area contributed by atoms with Crippen LogP contribution in [0.15, 0.2) is 121 Å². The first-order valence-corrected chi connectivity index (χ1v) is 30.4. The second-order valence-corrected chi connectivity index (χ2v) is 22.6. The van der Waals surface area contributed by atoms with Crippen molar-refractivity contribution in [2.45, 2.75) is 180 Å². The molecule has 0 aliphatic carbocycles. The molecular weight excluding hydrogens is 1230 g/mol. The standard InChI is InChI=1S/C65H86O28/c1-74-44-40(29-67)87-63(56(78-5)47(44)75-2)91-52-49(77-4)57(79-6)64(92-54(52)60(71)72)88-43-39(28-66)86-62(46(42(43)68)82-31-36-22-14-9-15-23-36)90-51-48(76-3)58(80-7)65(93-53(51)59(69)70)89-45-41(34-81-30-35-20-12-8-13-21-35)85-61(73)55(84-33-38-26-18-11-19-27-38)50(45)83-32-37-24-16-10-17-25-37/h8-27,39-58,61-68,73H,28-34H2,1-7H3,(H,69,70)(H,71,72). The maximum Gasteiger partial charge on any atom is 0.335 e. The number of carboxylic acids is 2. The Morgan fingerprint density at radius 1 is 0.355 bits per heavy atom. The Bertz CT molecular complexity index is 2820. The molecular formula is C65H86O28. The van der Waals surface area contributed by atoms with Gasteiger partial charge in [0.1, 0.15) is 110 Å². The van der Waals surface area contributed by atoms with Crippen LogP contribution in [0, 0.1) is 0 Å². The van der Waals surface area contributed by atoms with Crippen molar-refractivity contribution in [1.82, 2.24) is 0 Å². The summed E-state index contributed by atoms with van der Waals surface area (Å²) in [6.07, 6.45) is -35.9. The highest BCUT2D eigenvalue weighted by atomic mass is 16.8. The van der Waals surface area contributed by atoms with Crippen molar-refractivity contribution in [1.29, 1.82) is 0 Å². The third-order valence-electron chi connectivity index (χ3n) is 17.0. The molecule has 0 saturated carbocycles. The van der Waals surface area contributed by atoms with Gasteiger partial charge < -0.3 is 125 Å². The molecule has 0 bridgehead atoms. The predicted molar refractivity (Wildman–Crippen MR) is 317 cm³/mol. The van der Waals surface area contributed by atoms with Gasteiger partial charge in [-0.1, -0.05) is 121 Å². The Hall–Kier alpha value is -5.14. The first-order chi connectivity index (χ1) is 45.2. The minimum Gasteiger partial charge on any atom is -0.479 e. The Kier molecular flexibility index (Phi) is 27.3. The molecule has 93 heavy (non-hydrogen) atoms. The Morgan fingerprint density at radius 3 is 1.09 bits per heavy atom. The van der Waals surface area contributed by atoms with Gasteiger partial charge >= 0.3 is 11.9 Å². The van der Waals surface area contributed by atoms with Crippen molar-refractivity contribution in [2.75, 3.05) is 69.6 Å². The van der Waals surface area contributed by atoms with Crippen molar-refractivity contribution in [2.24, 2.45) is 0 Å². The van der Waals surface area contributed by atoms with Crippen LogP contribution in [0.5, 0.6) is 0 Å². The lowest BCUT2D eigenvalue weighted by Gasteiger charge is -2.51. The average Bonchev–Trinajstić information content (AvgIpc) is 0.781. The number of methoxy groups -OCH3 is 7. The number of hydrogen-bond donors (Lipinski definition) is 6. The van der Waals surface area contributed by atoms with Gasteiger partial charge in [-0.25, -0.2) is 9.59 Å². The van der Waals surface area contributed by atoms with Gasteiger partial charge in [0, 0.05) is 49.8 Å². The van der Waals surface area contributed by atoms with Crippen LogP contribution in [0.25, 0.3) is 0 Å². The van der Waals surface area contributed by atoms with E-state index in [-0.39, 0.29) is 33.0 Å². The number of aliphatic carboxylic acids is 2. The molecule has 5 saturated heterocycles. The summed E-state index contributed by atoms with van der Waals surface area (Å²) in [6, 6.07) is 36.7.